The number of hydrogen-bond donors (Lipinski definition) is 1. The van der Waals surface area contributed by atoms with Crippen molar-refractivity contribution in [1.29, 1.82) is 0 Å². The Morgan fingerprint density at radius 2 is 2.53 bits per heavy atom. The largest absolute Gasteiger partial charge is 0.383 e. The topological polar surface area (TPSA) is 56.1 Å². The molecule has 5 nitrogen and oxygen atoms in total. The molecule has 0 aliphatic rings. The Balaban J connectivity index is 2.36. The van der Waals surface area contributed by atoms with Crippen LogP contribution in [0.3, 0.4) is 0 Å². The number of nitrogens with zero attached hydrogens (tertiary/aromatic N) is 2. The molecule has 15 heavy (non-hydrogen) atoms. The van der Waals surface area contributed by atoms with Gasteiger partial charge in [-0.2, -0.15) is 5.10 Å². The SMILES string of the molecule is COCC(Cl)CNC(=O)c1ccn(C)n1. The lowest BCUT2D eigenvalue weighted by Gasteiger charge is -2.08. The lowest BCUT2D eigenvalue weighted by molar-refractivity contribution is 0.0943. The molecule has 6 heteroatoms. The first-order valence-corrected chi connectivity index (χ1v) is 4.98. The van der Waals surface area contributed by atoms with Gasteiger partial charge in [0.1, 0.15) is 5.69 Å². The molecule has 0 fully saturated rings. The number of halogens is 1. The monoisotopic (exact) mass is 231 g/mol. The van der Waals surface area contributed by atoms with Gasteiger partial charge in [0.2, 0.25) is 0 Å². The van der Waals surface area contributed by atoms with Gasteiger partial charge in [-0.05, 0) is 6.07 Å². The molecule has 0 spiro atoms. The maximum atomic E-state index is 11.5. The third-order valence-corrected chi connectivity index (χ3v) is 2.06. The molecular weight excluding hydrogens is 218 g/mol. The summed E-state index contributed by atoms with van der Waals surface area (Å²) in [4.78, 5) is 11.5. The van der Waals surface area contributed by atoms with Crippen molar-refractivity contribution in [3.8, 4) is 0 Å². The molecule has 0 saturated carbocycles. The molecule has 1 aromatic heterocycles. The minimum Gasteiger partial charge on any atom is -0.383 e. The number of nitrogens with one attached hydrogen (secondary N) is 1. The molecule has 1 amide bonds. The number of amides is 1. The summed E-state index contributed by atoms with van der Waals surface area (Å²) < 4.78 is 6.41. The Labute approximate surface area is 93.4 Å². The average Bonchev–Trinajstić information content (AvgIpc) is 2.62. The van der Waals surface area contributed by atoms with Crippen molar-refractivity contribution in [2.24, 2.45) is 7.05 Å². The van der Waals surface area contributed by atoms with Crippen LogP contribution in [0.25, 0.3) is 0 Å². The van der Waals surface area contributed by atoms with Gasteiger partial charge in [-0.15, -0.1) is 11.6 Å². The summed E-state index contributed by atoms with van der Waals surface area (Å²) in [5.74, 6) is -0.225. The lowest BCUT2D eigenvalue weighted by atomic mass is 10.4. The summed E-state index contributed by atoms with van der Waals surface area (Å²) >= 11 is 5.85. The number of methoxy groups -OCH3 is 1. The Hall–Kier alpha value is -1.07. The fraction of sp³-hybridized carbons (Fsp3) is 0.556. The third-order valence-electron chi connectivity index (χ3n) is 1.78. The molecule has 0 saturated heterocycles. The molecule has 0 radical (unpaired) electrons. The highest BCUT2D eigenvalue weighted by molar-refractivity contribution is 6.21. The van der Waals surface area contributed by atoms with Crippen LogP contribution in [0.5, 0.6) is 0 Å². The number of carbonyl (C=O) groups is 1. The van der Waals surface area contributed by atoms with Crippen molar-refractivity contribution < 1.29 is 9.53 Å². The zero-order valence-corrected chi connectivity index (χ0v) is 9.49. The van der Waals surface area contributed by atoms with Crippen LogP contribution >= 0.6 is 11.6 Å². The highest BCUT2D eigenvalue weighted by atomic mass is 35.5. The van der Waals surface area contributed by atoms with Crippen LogP contribution in [0.2, 0.25) is 0 Å². The molecule has 0 aromatic carbocycles. The first kappa shape index (κ1) is 12.0. The van der Waals surface area contributed by atoms with E-state index in [-0.39, 0.29) is 11.3 Å². The number of carbonyl (C=O) groups excluding carboxylic acids is 1. The van der Waals surface area contributed by atoms with E-state index in [0.29, 0.717) is 18.8 Å². The minimum atomic E-state index is -0.225. The van der Waals surface area contributed by atoms with Crippen LogP contribution in [0, 0.1) is 0 Å². The van der Waals surface area contributed by atoms with E-state index in [0.717, 1.165) is 0 Å². The molecular formula is C9H14ClN3O2. The van der Waals surface area contributed by atoms with Gasteiger partial charge in [0, 0.05) is 26.9 Å². The second kappa shape index (κ2) is 5.72. The Bertz CT molecular complexity index is 327. The van der Waals surface area contributed by atoms with Crippen LogP contribution in [0.4, 0.5) is 0 Å². The van der Waals surface area contributed by atoms with Crippen molar-refractivity contribution in [2.75, 3.05) is 20.3 Å². The molecule has 0 bridgehead atoms. The van der Waals surface area contributed by atoms with E-state index in [4.69, 9.17) is 16.3 Å². The highest BCUT2D eigenvalue weighted by Gasteiger charge is 2.10. The zero-order chi connectivity index (χ0) is 11.3. The highest BCUT2D eigenvalue weighted by Crippen LogP contribution is 1.97. The van der Waals surface area contributed by atoms with Gasteiger partial charge in [-0.3, -0.25) is 9.48 Å². The van der Waals surface area contributed by atoms with Gasteiger partial charge in [0.05, 0.1) is 12.0 Å². The van der Waals surface area contributed by atoms with Crippen molar-refractivity contribution >= 4 is 17.5 Å². The standard InChI is InChI=1S/C9H14ClN3O2/c1-13-4-3-8(12-13)9(14)11-5-7(10)6-15-2/h3-4,7H,5-6H2,1-2H3,(H,11,14). The van der Waals surface area contributed by atoms with Crippen molar-refractivity contribution in [3.63, 3.8) is 0 Å². The summed E-state index contributed by atoms with van der Waals surface area (Å²) in [6.45, 7) is 0.773. The molecule has 0 aliphatic heterocycles. The van der Waals surface area contributed by atoms with E-state index >= 15 is 0 Å². The molecule has 1 heterocycles. The van der Waals surface area contributed by atoms with E-state index < -0.39 is 0 Å². The number of aryl methyl sites for hydroxylation is 1. The van der Waals surface area contributed by atoms with Gasteiger partial charge < -0.3 is 10.1 Å². The predicted octanol–water partition coefficient (Wildman–Crippen LogP) is 0.404. The summed E-state index contributed by atoms with van der Waals surface area (Å²) in [5, 5.41) is 6.42. The van der Waals surface area contributed by atoms with Gasteiger partial charge >= 0.3 is 0 Å². The normalized spacial score (nSPS) is 12.5. The first-order valence-electron chi connectivity index (χ1n) is 4.54. The molecule has 1 rings (SSSR count). The fourth-order valence-corrected chi connectivity index (χ4v) is 1.27. The lowest BCUT2D eigenvalue weighted by Crippen LogP contribution is -2.31. The van der Waals surface area contributed by atoms with Gasteiger partial charge in [-0.1, -0.05) is 0 Å². The molecule has 1 N–H and O–H groups in total. The van der Waals surface area contributed by atoms with Gasteiger partial charge in [0.15, 0.2) is 0 Å². The second-order valence-electron chi connectivity index (χ2n) is 3.14. The van der Waals surface area contributed by atoms with Gasteiger partial charge in [-0.25, -0.2) is 0 Å². The molecule has 0 aliphatic carbocycles. The number of aromatic nitrogens is 2. The quantitative estimate of drug-likeness (QED) is 0.747. The minimum absolute atomic E-state index is 0.220. The summed E-state index contributed by atoms with van der Waals surface area (Å²) in [6.07, 6.45) is 1.71. The number of rotatable bonds is 5. The van der Waals surface area contributed by atoms with Crippen molar-refractivity contribution in [3.05, 3.63) is 18.0 Å². The van der Waals surface area contributed by atoms with Crippen LogP contribution in [0.1, 0.15) is 10.5 Å². The molecule has 84 valence electrons. The van der Waals surface area contributed by atoms with Crippen LogP contribution in [-0.2, 0) is 11.8 Å². The Kier molecular flexibility index (Phi) is 4.58. The molecule has 1 aromatic rings. The number of hydrogen-bond acceptors (Lipinski definition) is 3. The van der Waals surface area contributed by atoms with Crippen molar-refractivity contribution in [2.45, 2.75) is 5.38 Å². The Morgan fingerprint density at radius 3 is 3.07 bits per heavy atom. The smallest absolute Gasteiger partial charge is 0.271 e. The van der Waals surface area contributed by atoms with E-state index in [2.05, 4.69) is 10.4 Å². The van der Waals surface area contributed by atoms with Gasteiger partial charge in [0.25, 0.3) is 5.91 Å². The number of ether oxygens (including phenoxy) is 1. The molecule has 1 atom stereocenters. The third kappa shape index (κ3) is 3.89. The maximum absolute atomic E-state index is 11.5. The summed E-state index contributed by atoms with van der Waals surface area (Å²) in [5.41, 5.74) is 0.388. The predicted molar refractivity (Wildman–Crippen MR) is 57.1 cm³/mol. The maximum Gasteiger partial charge on any atom is 0.271 e. The average molecular weight is 232 g/mol. The van der Waals surface area contributed by atoms with E-state index in [1.54, 1.807) is 31.1 Å². The Morgan fingerprint density at radius 1 is 1.80 bits per heavy atom. The van der Waals surface area contributed by atoms with Crippen molar-refractivity contribution in [1.82, 2.24) is 15.1 Å². The van der Waals surface area contributed by atoms with E-state index in [1.165, 1.54) is 0 Å². The molecule has 1 unspecified atom stereocenters. The fourth-order valence-electron chi connectivity index (χ4n) is 1.07. The first-order chi connectivity index (χ1) is 7.13. The van der Waals surface area contributed by atoms with Crippen LogP contribution in [-0.4, -0.2) is 41.3 Å². The summed E-state index contributed by atoms with van der Waals surface area (Å²) in [7, 11) is 3.32. The zero-order valence-electron chi connectivity index (χ0n) is 8.74. The van der Waals surface area contributed by atoms with Crippen LogP contribution < -0.4 is 5.32 Å². The van der Waals surface area contributed by atoms with E-state index in [1.807, 2.05) is 0 Å². The van der Waals surface area contributed by atoms with E-state index in [9.17, 15) is 4.79 Å². The second-order valence-corrected chi connectivity index (χ2v) is 3.75. The summed E-state index contributed by atoms with van der Waals surface area (Å²) in [6, 6.07) is 1.65. The van der Waals surface area contributed by atoms with Crippen LogP contribution in [0.15, 0.2) is 12.3 Å². The number of alkyl halides is 1.